The van der Waals surface area contributed by atoms with Crippen LogP contribution in [0.2, 0.25) is 0 Å². The number of rotatable bonds is 4. The molecule has 0 saturated carbocycles. The van der Waals surface area contributed by atoms with E-state index in [1.165, 1.54) is 17.3 Å². The predicted molar refractivity (Wildman–Crippen MR) is 104 cm³/mol. The molecule has 0 bridgehead atoms. The number of carbonyl (C=O) groups excluding carboxylic acids is 2. The molecular formula is C19H15N2NaO6S2. The topological polar surface area (TPSA) is 118 Å². The molecule has 0 aliphatic carbocycles. The SMILES string of the molecule is C[C@H](O)C1C(=O)N2C(C(=O)[O-])=C(CN3c4cccc5cccc(c45)S3(=O)=O)SC12.[Na+]. The van der Waals surface area contributed by atoms with Crippen LogP contribution < -0.4 is 39.0 Å². The number of hydrogen-bond acceptors (Lipinski definition) is 7. The number of anilines is 1. The van der Waals surface area contributed by atoms with Crippen LogP contribution >= 0.6 is 11.8 Å². The van der Waals surface area contributed by atoms with E-state index in [9.17, 15) is 28.2 Å². The van der Waals surface area contributed by atoms with Gasteiger partial charge in [-0.15, -0.1) is 0 Å². The van der Waals surface area contributed by atoms with Crippen LogP contribution in [0.25, 0.3) is 10.8 Å². The van der Waals surface area contributed by atoms with Crippen molar-refractivity contribution in [2.45, 2.75) is 23.3 Å². The zero-order valence-electron chi connectivity index (χ0n) is 16.1. The molecule has 3 atom stereocenters. The smallest absolute Gasteiger partial charge is 0.543 e. The largest absolute Gasteiger partial charge is 1.00 e. The van der Waals surface area contributed by atoms with Gasteiger partial charge in [0.25, 0.3) is 10.0 Å². The third-order valence-electron chi connectivity index (χ3n) is 5.53. The first kappa shape index (κ1) is 21.7. The minimum Gasteiger partial charge on any atom is -0.543 e. The Labute approximate surface area is 198 Å². The van der Waals surface area contributed by atoms with Crippen molar-refractivity contribution in [2.24, 2.45) is 5.92 Å². The minimum absolute atomic E-state index is 0. The van der Waals surface area contributed by atoms with E-state index in [1.807, 2.05) is 12.1 Å². The van der Waals surface area contributed by atoms with E-state index in [0.717, 1.165) is 22.0 Å². The van der Waals surface area contributed by atoms with Crippen molar-refractivity contribution in [2.75, 3.05) is 10.8 Å². The molecule has 150 valence electrons. The molecule has 3 aliphatic heterocycles. The summed E-state index contributed by atoms with van der Waals surface area (Å²) in [5, 5.41) is 22.4. The van der Waals surface area contributed by atoms with Crippen molar-refractivity contribution in [1.82, 2.24) is 4.90 Å². The average molecular weight is 454 g/mol. The van der Waals surface area contributed by atoms with E-state index in [2.05, 4.69) is 0 Å². The monoisotopic (exact) mass is 454 g/mol. The molecule has 2 unspecified atom stereocenters. The van der Waals surface area contributed by atoms with Crippen LogP contribution in [-0.2, 0) is 19.6 Å². The summed E-state index contributed by atoms with van der Waals surface area (Å²) in [6.45, 7) is 1.25. The molecule has 11 heteroatoms. The number of sulfonamides is 1. The number of β-lactam (4-membered cyclic amide) rings is 1. The average Bonchev–Trinajstić information content (AvgIpc) is 3.09. The first-order valence-electron chi connectivity index (χ1n) is 8.90. The number of nitrogens with zero attached hydrogens (tertiary/aromatic N) is 2. The van der Waals surface area contributed by atoms with Crippen LogP contribution in [0.1, 0.15) is 6.92 Å². The summed E-state index contributed by atoms with van der Waals surface area (Å²) in [5.41, 5.74) is 0.150. The summed E-state index contributed by atoms with van der Waals surface area (Å²) in [5.74, 6) is -2.77. The van der Waals surface area contributed by atoms with Gasteiger partial charge < -0.3 is 15.0 Å². The standard InChI is InChI=1S/C19H16N2O6S2.Na/c1-9(22)14-17(23)21-16(19(24)25)12(28-18(14)21)8-20-11-6-2-4-10-5-3-7-13(15(10)11)29(20,26)27;/h2-7,9,14,18,22H,8H2,1H3,(H,24,25);/q;+1/p-1/t9-,14?,18?;/m0./s1. The molecule has 3 heterocycles. The van der Waals surface area contributed by atoms with Crippen molar-refractivity contribution in [3.05, 3.63) is 47.0 Å². The number of carboxylic acid groups (broad SMARTS) is 1. The molecule has 5 rings (SSSR count). The van der Waals surface area contributed by atoms with E-state index in [1.54, 1.807) is 18.2 Å². The Morgan fingerprint density at radius 2 is 1.93 bits per heavy atom. The first-order valence-corrected chi connectivity index (χ1v) is 11.2. The Morgan fingerprint density at radius 1 is 1.27 bits per heavy atom. The molecule has 3 aliphatic rings. The van der Waals surface area contributed by atoms with Gasteiger partial charge in [0.1, 0.15) is 5.37 Å². The molecule has 1 amide bonds. The van der Waals surface area contributed by atoms with E-state index < -0.39 is 39.3 Å². The summed E-state index contributed by atoms with van der Waals surface area (Å²) in [4.78, 5) is 25.6. The van der Waals surface area contributed by atoms with Crippen molar-refractivity contribution in [3.8, 4) is 0 Å². The summed E-state index contributed by atoms with van der Waals surface area (Å²) in [7, 11) is -3.87. The third kappa shape index (κ3) is 2.78. The van der Waals surface area contributed by atoms with Crippen LogP contribution in [0.5, 0.6) is 0 Å². The number of carbonyl (C=O) groups is 2. The van der Waals surface area contributed by atoms with Gasteiger partial charge in [-0.25, -0.2) is 8.42 Å². The zero-order chi connectivity index (χ0) is 20.7. The van der Waals surface area contributed by atoms with Crippen molar-refractivity contribution in [1.29, 1.82) is 0 Å². The van der Waals surface area contributed by atoms with Gasteiger partial charge >= 0.3 is 29.6 Å². The van der Waals surface area contributed by atoms with Crippen molar-refractivity contribution >= 4 is 50.1 Å². The normalized spacial score (nSPS) is 24.5. The second kappa shape index (κ2) is 7.25. The minimum atomic E-state index is -3.87. The van der Waals surface area contributed by atoms with Crippen molar-refractivity contribution < 1.29 is 57.8 Å². The molecule has 1 saturated heterocycles. The Morgan fingerprint density at radius 3 is 2.57 bits per heavy atom. The second-order valence-electron chi connectivity index (χ2n) is 7.19. The number of hydrogen-bond donors (Lipinski definition) is 1. The van der Waals surface area contributed by atoms with Crippen LogP contribution in [0.15, 0.2) is 51.9 Å². The van der Waals surface area contributed by atoms with Gasteiger partial charge in [0.05, 0.1) is 40.8 Å². The van der Waals surface area contributed by atoms with Crippen LogP contribution in [0, 0.1) is 5.92 Å². The Kier molecular flexibility index (Phi) is 5.23. The second-order valence-corrected chi connectivity index (χ2v) is 10.2. The van der Waals surface area contributed by atoms with Crippen LogP contribution in [-0.4, -0.2) is 48.3 Å². The number of fused-ring (bicyclic) bond motifs is 1. The fourth-order valence-electron chi connectivity index (χ4n) is 4.21. The number of aliphatic hydroxyl groups excluding tert-OH is 1. The molecule has 0 radical (unpaired) electrons. The number of aliphatic hydroxyl groups is 1. The van der Waals surface area contributed by atoms with E-state index in [4.69, 9.17) is 0 Å². The molecule has 0 aromatic heterocycles. The van der Waals surface area contributed by atoms with E-state index >= 15 is 0 Å². The maximum Gasteiger partial charge on any atom is 1.00 e. The Hall–Kier alpha value is -1.56. The Balaban J connectivity index is 0.00000218. The van der Waals surface area contributed by atoms with Gasteiger partial charge in [-0.1, -0.05) is 36.0 Å². The summed E-state index contributed by atoms with van der Waals surface area (Å²) < 4.78 is 27.5. The molecular weight excluding hydrogens is 439 g/mol. The molecule has 30 heavy (non-hydrogen) atoms. The van der Waals surface area contributed by atoms with Gasteiger partial charge in [-0.05, 0) is 24.4 Å². The van der Waals surface area contributed by atoms with Crippen LogP contribution in [0.4, 0.5) is 5.69 Å². The van der Waals surface area contributed by atoms with Gasteiger partial charge in [0, 0.05) is 10.3 Å². The zero-order valence-corrected chi connectivity index (χ0v) is 19.7. The number of amides is 1. The van der Waals surface area contributed by atoms with Gasteiger partial charge in [0.15, 0.2) is 0 Å². The molecule has 2 aromatic carbocycles. The number of aliphatic carboxylic acids is 1. The maximum atomic E-state index is 13.2. The van der Waals surface area contributed by atoms with Crippen molar-refractivity contribution in [3.63, 3.8) is 0 Å². The van der Waals surface area contributed by atoms with Gasteiger partial charge in [0.2, 0.25) is 5.91 Å². The van der Waals surface area contributed by atoms with E-state index in [-0.39, 0.29) is 51.6 Å². The molecule has 0 spiro atoms. The number of benzene rings is 2. The Bertz CT molecular complexity index is 1240. The summed E-state index contributed by atoms with van der Waals surface area (Å²) >= 11 is 1.09. The predicted octanol–water partition coefficient (Wildman–Crippen LogP) is -2.77. The maximum absolute atomic E-state index is 13.2. The molecule has 8 nitrogen and oxygen atoms in total. The van der Waals surface area contributed by atoms with Gasteiger partial charge in [-0.2, -0.15) is 0 Å². The number of carboxylic acids is 1. The van der Waals surface area contributed by atoms with Gasteiger partial charge in [-0.3, -0.25) is 14.0 Å². The molecule has 1 fully saturated rings. The van der Waals surface area contributed by atoms with E-state index in [0.29, 0.717) is 11.1 Å². The molecule has 2 aromatic rings. The fourth-order valence-corrected chi connectivity index (χ4v) is 7.57. The summed E-state index contributed by atoms with van der Waals surface area (Å²) in [6.07, 6.45) is -0.938. The third-order valence-corrected chi connectivity index (χ3v) is 8.69. The quantitative estimate of drug-likeness (QED) is 0.392. The molecule has 1 N–H and O–H groups in total. The number of thioether (sulfide) groups is 1. The van der Waals surface area contributed by atoms with Crippen LogP contribution in [0.3, 0.4) is 0 Å². The fraction of sp³-hybridized carbons (Fsp3) is 0.263. The first-order chi connectivity index (χ1) is 13.7. The summed E-state index contributed by atoms with van der Waals surface area (Å²) in [6, 6.07) is 10.2.